The number of anilines is 2. The lowest BCUT2D eigenvalue weighted by Gasteiger charge is -2.13. The molecule has 1 aromatic carbocycles. The number of aryl methyl sites for hydroxylation is 2. The third-order valence-corrected chi connectivity index (χ3v) is 3.11. The molecule has 1 amide bonds. The van der Waals surface area contributed by atoms with Crippen molar-refractivity contribution >= 4 is 17.3 Å². The molecule has 0 fully saturated rings. The largest absolute Gasteiger partial charge is 0.469 e. The Morgan fingerprint density at radius 3 is 2.56 bits per heavy atom. The van der Waals surface area contributed by atoms with Gasteiger partial charge in [0.25, 0.3) is 5.91 Å². The predicted octanol–water partition coefficient (Wildman–Crippen LogP) is 3.04. The molecule has 94 valence electrons. The van der Waals surface area contributed by atoms with Gasteiger partial charge in [-0.1, -0.05) is 6.07 Å². The number of carbonyl (C=O) groups excluding carboxylic acids is 1. The van der Waals surface area contributed by atoms with E-state index >= 15 is 0 Å². The molecule has 4 heteroatoms. The standard InChI is InChI=1S/C14H16N2O2/c1-8-4-5-12(15)13(9(8)2)16-14(17)11-6-7-18-10(11)3/h4-7H,15H2,1-3H3,(H,16,17). The molecule has 2 rings (SSSR count). The molecule has 0 aliphatic carbocycles. The van der Waals surface area contributed by atoms with Crippen molar-refractivity contribution < 1.29 is 9.21 Å². The van der Waals surface area contributed by atoms with Crippen LogP contribution < -0.4 is 11.1 Å². The van der Waals surface area contributed by atoms with Crippen molar-refractivity contribution in [2.45, 2.75) is 20.8 Å². The van der Waals surface area contributed by atoms with Crippen LogP contribution in [-0.4, -0.2) is 5.91 Å². The number of nitrogens with two attached hydrogens (primary N) is 1. The molecule has 0 aliphatic rings. The Balaban J connectivity index is 2.33. The molecule has 18 heavy (non-hydrogen) atoms. The topological polar surface area (TPSA) is 68.3 Å². The first-order valence-electron chi connectivity index (χ1n) is 5.72. The van der Waals surface area contributed by atoms with Crippen molar-refractivity contribution in [3.05, 3.63) is 46.9 Å². The van der Waals surface area contributed by atoms with E-state index in [4.69, 9.17) is 10.2 Å². The van der Waals surface area contributed by atoms with Crippen molar-refractivity contribution in [3.63, 3.8) is 0 Å². The number of carbonyl (C=O) groups is 1. The Kier molecular flexibility index (Phi) is 3.10. The van der Waals surface area contributed by atoms with Crippen LogP contribution in [-0.2, 0) is 0 Å². The minimum absolute atomic E-state index is 0.207. The molecule has 2 aromatic rings. The van der Waals surface area contributed by atoms with Gasteiger partial charge in [0.15, 0.2) is 0 Å². The van der Waals surface area contributed by atoms with Gasteiger partial charge in [-0.05, 0) is 44.0 Å². The van der Waals surface area contributed by atoms with Gasteiger partial charge >= 0.3 is 0 Å². The van der Waals surface area contributed by atoms with Crippen molar-refractivity contribution in [1.29, 1.82) is 0 Å². The van der Waals surface area contributed by atoms with E-state index in [1.165, 1.54) is 6.26 Å². The summed E-state index contributed by atoms with van der Waals surface area (Å²) < 4.78 is 5.12. The second kappa shape index (κ2) is 4.56. The van der Waals surface area contributed by atoms with E-state index in [9.17, 15) is 4.79 Å². The minimum Gasteiger partial charge on any atom is -0.469 e. The van der Waals surface area contributed by atoms with Crippen molar-refractivity contribution in [2.24, 2.45) is 0 Å². The maximum atomic E-state index is 12.1. The summed E-state index contributed by atoms with van der Waals surface area (Å²) in [5.41, 5.74) is 9.71. The van der Waals surface area contributed by atoms with Gasteiger partial charge < -0.3 is 15.5 Å². The summed E-state index contributed by atoms with van der Waals surface area (Å²) in [4.78, 5) is 12.1. The average Bonchev–Trinajstić information content (AvgIpc) is 2.76. The molecule has 1 aromatic heterocycles. The van der Waals surface area contributed by atoms with Crippen molar-refractivity contribution in [3.8, 4) is 0 Å². The first kappa shape index (κ1) is 12.2. The van der Waals surface area contributed by atoms with Gasteiger partial charge in [0.1, 0.15) is 5.76 Å². The molecule has 0 radical (unpaired) electrons. The molecule has 0 saturated carbocycles. The van der Waals surface area contributed by atoms with Gasteiger partial charge in [0.05, 0.1) is 23.2 Å². The summed E-state index contributed by atoms with van der Waals surface area (Å²) in [6, 6.07) is 5.37. The SMILES string of the molecule is Cc1ccc(N)c(NC(=O)c2ccoc2C)c1C. The van der Waals surface area contributed by atoms with E-state index in [0.29, 0.717) is 22.7 Å². The quantitative estimate of drug-likeness (QED) is 0.798. The summed E-state index contributed by atoms with van der Waals surface area (Å²) >= 11 is 0. The average molecular weight is 244 g/mol. The first-order valence-corrected chi connectivity index (χ1v) is 5.72. The normalized spacial score (nSPS) is 10.4. The summed E-state index contributed by atoms with van der Waals surface area (Å²) in [5, 5.41) is 2.84. The van der Waals surface area contributed by atoms with Gasteiger partial charge in [-0.3, -0.25) is 4.79 Å². The summed E-state index contributed by atoms with van der Waals surface area (Å²) in [6.45, 7) is 5.67. The zero-order valence-corrected chi connectivity index (χ0v) is 10.7. The highest BCUT2D eigenvalue weighted by Crippen LogP contribution is 2.26. The number of nitrogens with one attached hydrogen (secondary N) is 1. The maximum Gasteiger partial charge on any atom is 0.259 e. The van der Waals surface area contributed by atoms with Gasteiger partial charge in [-0.2, -0.15) is 0 Å². The zero-order valence-electron chi connectivity index (χ0n) is 10.7. The van der Waals surface area contributed by atoms with Crippen LogP contribution >= 0.6 is 0 Å². The van der Waals surface area contributed by atoms with E-state index in [1.54, 1.807) is 19.1 Å². The maximum absolute atomic E-state index is 12.1. The van der Waals surface area contributed by atoms with Gasteiger partial charge in [0.2, 0.25) is 0 Å². The van der Waals surface area contributed by atoms with Crippen LogP contribution in [0.5, 0.6) is 0 Å². The molecule has 0 saturated heterocycles. The predicted molar refractivity (Wildman–Crippen MR) is 71.7 cm³/mol. The molecule has 1 heterocycles. The summed E-state index contributed by atoms with van der Waals surface area (Å²) in [6.07, 6.45) is 1.50. The Hall–Kier alpha value is -2.23. The Labute approximate surface area is 106 Å². The fourth-order valence-corrected chi connectivity index (χ4v) is 1.80. The number of nitrogen functional groups attached to an aromatic ring is 1. The van der Waals surface area contributed by atoms with E-state index in [1.807, 2.05) is 19.9 Å². The lowest BCUT2D eigenvalue weighted by molar-refractivity contribution is 0.102. The third-order valence-electron chi connectivity index (χ3n) is 3.11. The van der Waals surface area contributed by atoms with Crippen LogP contribution in [0.4, 0.5) is 11.4 Å². The fourth-order valence-electron chi connectivity index (χ4n) is 1.80. The highest BCUT2D eigenvalue weighted by Gasteiger charge is 2.14. The molecule has 4 nitrogen and oxygen atoms in total. The number of amides is 1. The Bertz CT molecular complexity index is 600. The van der Waals surface area contributed by atoms with Gasteiger partial charge in [0, 0.05) is 0 Å². The van der Waals surface area contributed by atoms with E-state index in [0.717, 1.165) is 11.1 Å². The van der Waals surface area contributed by atoms with E-state index in [-0.39, 0.29) is 5.91 Å². The monoisotopic (exact) mass is 244 g/mol. The van der Waals surface area contributed by atoms with Gasteiger partial charge in [-0.25, -0.2) is 0 Å². The van der Waals surface area contributed by atoms with Crippen LogP contribution in [0.3, 0.4) is 0 Å². The van der Waals surface area contributed by atoms with Crippen LogP contribution in [0, 0.1) is 20.8 Å². The lowest BCUT2D eigenvalue weighted by Crippen LogP contribution is -2.14. The summed E-state index contributed by atoms with van der Waals surface area (Å²) in [5.74, 6) is 0.387. The van der Waals surface area contributed by atoms with Crippen LogP contribution in [0.25, 0.3) is 0 Å². The Morgan fingerprint density at radius 2 is 1.94 bits per heavy atom. The smallest absolute Gasteiger partial charge is 0.259 e. The molecule has 0 bridgehead atoms. The van der Waals surface area contributed by atoms with Crippen molar-refractivity contribution in [2.75, 3.05) is 11.1 Å². The van der Waals surface area contributed by atoms with Crippen LogP contribution in [0.1, 0.15) is 27.2 Å². The molecule has 0 unspecified atom stereocenters. The number of rotatable bonds is 2. The second-order valence-corrected chi connectivity index (χ2v) is 4.32. The molecule has 3 N–H and O–H groups in total. The molecular weight excluding hydrogens is 228 g/mol. The fraction of sp³-hybridized carbons (Fsp3) is 0.214. The highest BCUT2D eigenvalue weighted by molar-refractivity contribution is 6.06. The summed E-state index contributed by atoms with van der Waals surface area (Å²) in [7, 11) is 0. The highest BCUT2D eigenvalue weighted by atomic mass is 16.3. The van der Waals surface area contributed by atoms with Crippen molar-refractivity contribution in [1.82, 2.24) is 0 Å². The number of hydrogen-bond donors (Lipinski definition) is 2. The van der Waals surface area contributed by atoms with E-state index < -0.39 is 0 Å². The van der Waals surface area contributed by atoms with Crippen LogP contribution in [0.15, 0.2) is 28.9 Å². The molecular formula is C14H16N2O2. The minimum atomic E-state index is -0.207. The van der Waals surface area contributed by atoms with Gasteiger partial charge in [-0.15, -0.1) is 0 Å². The molecule has 0 spiro atoms. The Morgan fingerprint density at radius 1 is 1.22 bits per heavy atom. The molecule has 0 atom stereocenters. The second-order valence-electron chi connectivity index (χ2n) is 4.32. The van der Waals surface area contributed by atoms with E-state index in [2.05, 4.69) is 5.32 Å². The van der Waals surface area contributed by atoms with Crippen LogP contribution in [0.2, 0.25) is 0 Å². The third kappa shape index (κ3) is 2.09. The first-order chi connectivity index (χ1) is 8.50. The lowest BCUT2D eigenvalue weighted by atomic mass is 10.1. The number of benzene rings is 1. The zero-order chi connectivity index (χ0) is 13.3. The number of hydrogen-bond acceptors (Lipinski definition) is 3. The molecule has 0 aliphatic heterocycles. The number of furan rings is 1.